The molecule has 1 aromatic carbocycles. The lowest BCUT2D eigenvalue weighted by atomic mass is 10.0. The zero-order valence-corrected chi connectivity index (χ0v) is 20.2. The van der Waals surface area contributed by atoms with E-state index in [-0.39, 0.29) is 23.4 Å². The van der Waals surface area contributed by atoms with Crippen LogP contribution in [0.15, 0.2) is 41.3 Å². The molecule has 3 amide bonds. The third kappa shape index (κ3) is 7.39. The van der Waals surface area contributed by atoms with Crippen molar-refractivity contribution in [3.8, 4) is 0 Å². The molecule has 1 unspecified atom stereocenters. The molecule has 3 N–H and O–H groups in total. The van der Waals surface area contributed by atoms with E-state index in [2.05, 4.69) is 20.7 Å². The Kier molecular flexibility index (Phi) is 10.1. The summed E-state index contributed by atoms with van der Waals surface area (Å²) in [5.74, 6) is -4.77. The Bertz CT molecular complexity index is 1350. The van der Waals surface area contributed by atoms with Crippen molar-refractivity contribution in [3.63, 3.8) is 0 Å². The number of non-ortho nitro benzene ring substituents is 1. The summed E-state index contributed by atoms with van der Waals surface area (Å²) in [5.41, 5.74) is -2.24. The van der Waals surface area contributed by atoms with Gasteiger partial charge >= 0.3 is 5.97 Å². The van der Waals surface area contributed by atoms with Crippen LogP contribution >= 0.6 is 0 Å². The Balaban J connectivity index is 2.39. The monoisotopic (exact) mass is 529 g/mol. The maximum atomic E-state index is 13.0. The summed E-state index contributed by atoms with van der Waals surface area (Å²) >= 11 is 0. The van der Waals surface area contributed by atoms with Crippen molar-refractivity contribution in [3.05, 3.63) is 68.1 Å². The molecule has 1 heterocycles. The average Bonchev–Trinajstić information content (AvgIpc) is 2.91. The van der Waals surface area contributed by atoms with Gasteiger partial charge in [-0.2, -0.15) is 0 Å². The number of nitro benzene ring substituents is 1. The van der Waals surface area contributed by atoms with Gasteiger partial charge in [0.2, 0.25) is 11.7 Å². The van der Waals surface area contributed by atoms with Crippen LogP contribution in [0.1, 0.15) is 33.6 Å². The summed E-state index contributed by atoms with van der Waals surface area (Å²) in [4.78, 5) is 95.1. The molecule has 200 valence electrons. The summed E-state index contributed by atoms with van der Waals surface area (Å²) in [6.45, 7) is -0.279. The Labute approximate surface area is 214 Å². The zero-order chi connectivity index (χ0) is 28.4. The molecule has 0 saturated carbocycles. The summed E-state index contributed by atoms with van der Waals surface area (Å²) in [6.07, 6.45) is 0.916. The van der Waals surface area contributed by atoms with Gasteiger partial charge < -0.3 is 30.0 Å². The van der Waals surface area contributed by atoms with Gasteiger partial charge in [-0.25, -0.2) is 4.79 Å². The molecule has 0 aliphatic carbocycles. The highest BCUT2D eigenvalue weighted by Crippen LogP contribution is 2.19. The van der Waals surface area contributed by atoms with Crippen molar-refractivity contribution in [2.45, 2.75) is 25.4 Å². The van der Waals surface area contributed by atoms with Crippen molar-refractivity contribution < 1.29 is 38.4 Å². The largest absolute Gasteiger partial charge is 0.465 e. The van der Waals surface area contributed by atoms with Crippen LogP contribution in [0.25, 0.3) is 0 Å². The van der Waals surface area contributed by atoms with Crippen molar-refractivity contribution in [1.29, 1.82) is 0 Å². The predicted octanol–water partition coefficient (Wildman–Crippen LogP) is -0.426. The number of methoxy groups -OCH3 is 1. The number of hydrogen-bond acceptors (Lipinski definition) is 10. The van der Waals surface area contributed by atoms with Crippen LogP contribution in [-0.2, 0) is 30.5 Å². The second-order valence-corrected chi connectivity index (χ2v) is 7.62. The third-order valence-electron chi connectivity index (χ3n) is 5.12. The first kappa shape index (κ1) is 29.0. The molecule has 38 heavy (non-hydrogen) atoms. The number of ketones is 1. The standard InChI is InChI=1S/C23H23N5O10/c1-24-21(33)18(30)6-5-16(20(32)26-17-4-3-7-27(8-9-29)22(17)34)25-19(31)13-10-14(23(35)38-2)12-15(11-13)28(36)37/h3-4,7,9-12,16H,5-6,8H2,1-2H3,(H,24,33)(H,25,31)(H,26,32). The first-order valence-electron chi connectivity index (χ1n) is 10.9. The molecule has 0 fully saturated rings. The number of nitrogens with one attached hydrogen (secondary N) is 3. The minimum Gasteiger partial charge on any atom is -0.465 e. The van der Waals surface area contributed by atoms with Gasteiger partial charge in [-0.05, 0) is 24.6 Å². The van der Waals surface area contributed by atoms with E-state index in [1.54, 1.807) is 0 Å². The van der Waals surface area contributed by atoms with Crippen molar-refractivity contribution >= 4 is 47.1 Å². The topological polar surface area (TPSA) is 213 Å². The van der Waals surface area contributed by atoms with Gasteiger partial charge in [0.1, 0.15) is 18.0 Å². The van der Waals surface area contributed by atoms with Crippen molar-refractivity contribution in [2.75, 3.05) is 19.5 Å². The van der Waals surface area contributed by atoms with Crippen LogP contribution in [0.4, 0.5) is 11.4 Å². The highest BCUT2D eigenvalue weighted by molar-refractivity contribution is 6.36. The second kappa shape index (κ2) is 13.2. The second-order valence-electron chi connectivity index (χ2n) is 7.62. The molecule has 2 aromatic rings. The third-order valence-corrected chi connectivity index (χ3v) is 5.12. The number of nitrogens with zero attached hydrogens (tertiary/aromatic N) is 2. The van der Waals surface area contributed by atoms with Gasteiger partial charge in [0.25, 0.3) is 23.1 Å². The van der Waals surface area contributed by atoms with E-state index in [0.29, 0.717) is 6.29 Å². The molecule has 15 nitrogen and oxygen atoms in total. The fourth-order valence-electron chi connectivity index (χ4n) is 3.20. The number of aldehydes is 1. The molecule has 0 bridgehead atoms. The lowest BCUT2D eigenvalue weighted by Crippen LogP contribution is -2.45. The van der Waals surface area contributed by atoms with E-state index in [1.807, 2.05) is 0 Å². The quantitative estimate of drug-likeness (QED) is 0.106. The predicted molar refractivity (Wildman–Crippen MR) is 129 cm³/mol. The first-order chi connectivity index (χ1) is 18.0. The Morgan fingerprint density at radius 2 is 1.84 bits per heavy atom. The van der Waals surface area contributed by atoms with Crippen LogP contribution in [0, 0.1) is 10.1 Å². The Morgan fingerprint density at radius 3 is 2.45 bits per heavy atom. The van der Waals surface area contributed by atoms with Crippen LogP contribution in [0.5, 0.6) is 0 Å². The number of carbonyl (C=O) groups excluding carboxylic acids is 6. The number of hydrogen-bond donors (Lipinski definition) is 3. The number of esters is 1. The number of Topliss-reactive ketones (excluding diaryl/α,β-unsaturated/α-hetero) is 1. The molecule has 0 radical (unpaired) electrons. The number of ether oxygens (including phenoxy) is 1. The van der Waals surface area contributed by atoms with Gasteiger partial charge in [-0.3, -0.25) is 34.1 Å². The lowest BCUT2D eigenvalue weighted by Gasteiger charge is -2.18. The van der Waals surface area contributed by atoms with Crippen LogP contribution in [0.2, 0.25) is 0 Å². The molecule has 0 spiro atoms. The number of likely N-dealkylation sites (N-methyl/N-ethyl adjacent to an activating group) is 1. The molecule has 2 rings (SSSR count). The van der Waals surface area contributed by atoms with Gasteiger partial charge in [-0.15, -0.1) is 0 Å². The van der Waals surface area contributed by atoms with Crippen molar-refractivity contribution in [2.24, 2.45) is 0 Å². The highest BCUT2D eigenvalue weighted by atomic mass is 16.6. The van der Waals surface area contributed by atoms with E-state index >= 15 is 0 Å². The molecule has 0 saturated heterocycles. The van der Waals surface area contributed by atoms with Crippen molar-refractivity contribution in [1.82, 2.24) is 15.2 Å². The molecule has 0 aliphatic rings. The van der Waals surface area contributed by atoms with E-state index in [1.165, 1.54) is 25.4 Å². The van der Waals surface area contributed by atoms with Gasteiger partial charge in [0.15, 0.2) is 0 Å². The molecule has 15 heteroatoms. The average molecular weight is 529 g/mol. The maximum absolute atomic E-state index is 13.0. The Hall–Kier alpha value is -5.21. The SMILES string of the molecule is CNC(=O)C(=O)CCC(NC(=O)c1cc(C(=O)OC)cc([N+](=O)[O-])c1)C(=O)Nc1cccn(CC=O)c1=O. The smallest absolute Gasteiger partial charge is 0.338 e. The molecule has 1 aromatic heterocycles. The van der Waals surface area contributed by atoms with E-state index in [9.17, 15) is 43.7 Å². The molecular weight excluding hydrogens is 506 g/mol. The molecular formula is C23H23N5O10. The number of benzene rings is 1. The summed E-state index contributed by atoms with van der Waals surface area (Å²) in [5, 5.41) is 18.0. The number of amides is 3. The molecule has 1 atom stereocenters. The van der Waals surface area contributed by atoms with Crippen LogP contribution in [0.3, 0.4) is 0 Å². The van der Waals surface area contributed by atoms with Crippen LogP contribution < -0.4 is 21.5 Å². The molecule has 0 aliphatic heterocycles. The van der Waals surface area contributed by atoms with E-state index in [0.717, 1.165) is 29.9 Å². The summed E-state index contributed by atoms with van der Waals surface area (Å²) < 4.78 is 5.56. The number of aromatic nitrogens is 1. The first-order valence-corrected chi connectivity index (χ1v) is 10.9. The minimum atomic E-state index is -1.50. The van der Waals surface area contributed by atoms with Crippen LogP contribution in [-0.4, -0.2) is 65.4 Å². The number of anilines is 1. The van der Waals surface area contributed by atoms with E-state index in [4.69, 9.17) is 0 Å². The van der Waals surface area contributed by atoms with E-state index < -0.39 is 64.5 Å². The normalized spacial score (nSPS) is 11.0. The number of rotatable bonds is 12. The minimum absolute atomic E-state index is 0.237. The zero-order valence-electron chi connectivity index (χ0n) is 20.2. The number of nitro groups is 1. The lowest BCUT2D eigenvalue weighted by molar-refractivity contribution is -0.384. The number of pyridine rings is 1. The van der Waals surface area contributed by atoms with Gasteiger partial charge in [-0.1, -0.05) is 0 Å². The fourth-order valence-corrected chi connectivity index (χ4v) is 3.20. The van der Waals surface area contributed by atoms with Gasteiger partial charge in [0.05, 0.1) is 24.1 Å². The van der Waals surface area contributed by atoms with Gasteiger partial charge in [0, 0.05) is 37.4 Å². The maximum Gasteiger partial charge on any atom is 0.338 e. The summed E-state index contributed by atoms with van der Waals surface area (Å²) in [6, 6.07) is 3.90. The highest BCUT2D eigenvalue weighted by Gasteiger charge is 2.26. The number of carbonyl (C=O) groups is 6. The Morgan fingerprint density at radius 1 is 1.16 bits per heavy atom. The fraction of sp³-hybridized carbons (Fsp3) is 0.261. The summed E-state index contributed by atoms with van der Waals surface area (Å²) in [7, 11) is 2.27.